The zero-order valence-electron chi connectivity index (χ0n) is 10.2. The van der Waals surface area contributed by atoms with Gasteiger partial charge in [0.25, 0.3) is 0 Å². The van der Waals surface area contributed by atoms with E-state index < -0.39 is 30.4 Å². The van der Waals surface area contributed by atoms with Crippen LogP contribution in [0.5, 0.6) is 0 Å². The van der Waals surface area contributed by atoms with E-state index >= 15 is 0 Å². The zero-order chi connectivity index (χ0) is 13.6. The van der Waals surface area contributed by atoms with E-state index in [4.69, 9.17) is 14.9 Å². The number of carbonyl (C=O) groups is 3. The van der Waals surface area contributed by atoms with E-state index in [2.05, 4.69) is 0 Å². The van der Waals surface area contributed by atoms with Gasteiger partial charge in [-0.05, 0) is 0 Å². The van der Waals surface area contributed by atoms with Crippen molar-refractivity contribution < 1.29 is 33.8 Å². The second-order valence-electron chi connectivity index (χ2n) is 4.75. The largest absolute Gasteiger partial charge is 0.481 e. The number of hydrogen-bond donors (Lipinski definition) is 2. The summed E-state index contributed by atoms with van der Waals surface area (Å²) in [6.07, 6.45) is -1.91. The Morgan fingerprint density at radius 3 is 2.00 bits per heavy atom. The lowest BCUT2D eigenvalue weighted by atomic mass is 10.2. The molecule has 7 nitrogen and oxygen atoms in total. The molecule has 0 fully saturated rings. The Bertz CT molecular complexity index is 306. The van der Waals surface area contributed by atoms with Crippen molar-refractivity contribution in [3.05, 3.63) is 0 Å². The van der Waals surface area contributed by atoms with Gasteiger partial charge in [-0.1, -0.05) is 0 Å². The summed E-state index contributed by atoms with van der Waals surface area (Å²) in [7, 11) is 5.46. The second kappa shape index (κ2) is 6.19. The quantitative estimate of drug-likeness (QED) is 0.359. The molecule has 0 bridgehead atoms. The fraction of sp³-hybridized carbons (Fsp3) is 0.700. The number of carbonyl (C=O) groups excluding carboxylic acids is 1. The number of carboxylic acids is 2. The summed E-state index contributed by atoms with van der Waals surface area (Å²) in [6, 6.07) is 0. The van der Waals surface area contributed by atoms with Gasteiger partial charge in [0.1, 0.15) is 13.0 Å². The Morgan fingerprint density at radius 1 is 1.12 bits per heavy atom. The summed E-state index contributed by atoms with van der Waals surface area (Å²) >= 11 is 0. The average molecular weight is 248 g/mol. The predicted octanol–water partition coefficient (Wildman–Crippen LogP) is -0.446. The van der Waals surface area contributed by atoms with Crippen LogP contribution in [0.3, 0.4) is 0 Å². The summed E-state index contributed by atoms with van der Waals surface area (Å²) in [4.78, 5) is 32.0. The number of hydrogen-bond acceptors (Lipinski definition) is 4. The van der Waals surface area contributed by atoms with Crippen LogP contribution in [0.2, 0.25) is 0 Å². The molecule has 0 aliphatic rings. The van der Waals surface area contributed by atoms with E-state index in [0.717, 1.165) is 0 Å². The van der Waals surface area contributed by atoms with E-state index in [1.165, 1.54) is 0 Å². The normalized spacial score (nSPS) is 12.9. The molecule has 0 spiro atoms. The van der Waals surface area contributed by atoms with E-state index in [-0.39, 0.29) is 6.42 Å². The standard InChI is InChI=1S/C10H17NO6/c1-11(2,3)6-7(4-8(12)13)17-10(16)5-9(14)15/h7H,4-6H2,1-3H3,(H-,12,13,14,15)/p+1/t7-/m0/s1. The van der Waals surface area contributed by atoms with E-state index in [1.54, 1.807) is 0 Å². The molecular formula is C10H18NO6+. The fourth-order valence-corrected chi connectivity index (χ4v) is 1.30. The molecule has 0 aromatic rings. The third-order valence-electron chi connectivity index (χ3n) is 1.75. The first-order valence-electron chi connectivity index (χ1n) is 5.03. The third-order valence-corrected chi connectivity index (χ3v) is 1.75. The molecule has 0 aromatic carbocycles. The van der Waals surface area contributed by atoms with Crippen LogP contribution in [0.15, 0.2) is 0 Å². The highest BCUT2D eigenvalue weighted by molar-refractivity contribution is 5.90. The first-order valence-corrected chi connectivity index (χ1v) is 5.03. The number of carboxylic acid groups (broad SMARTS) is 2. The van der Waals surface area contributed by atoms with Crippen LogP contribution < -0.4 is 0 Å². The molecule has 0 aromatic heterocycles. The number of likely N-dealkylation sites (N-methyl/N-ethyl adjacent to an activating group) is 1. The van der Waals surface area contributed by atoms with Gasteiger partial charge in [0.05, 0.1) is 27.6 Å². The summed E-state index contributed by atoms with van der Waals surface area (Å²) in [5, 5.41) is 17.1. The molecule has 0 heterocycles. The van der Waals surface area contributed by atoms with Crippen LogP contribution in [0.1, 0.15) is 12.8 Å². The first kappa shape index (κ1) is 15.4. The van der Waals surface area contributed by atoms with Gasteiger partial charge < -0.3 is 19.4 Å². The molecule has 98 valence electrons. The van der Waals surface area contributed by atoms with E-state index in [9.17, 15) is 14.4 Å². The highest BCUT2D eigenvalue weighted by atomic mass is 16.5. The molecule has 0 aliphatic carbocycles. The molecule has 17 heavy (non-hydrogen) atoms. The van der Waals surface area contributed by atoms with Gasteiger partial charge in [-0.15, -0.1) is 0 Å². The topological polar surface area (TPSA) is 101 Å². The molecule has 0 rings (SSSR count). The van der Waals surface area contributed by atoms with Gasteiger partial charge >= 0.3 is 17.9 Å². The van der Waals surface area contributed by atoms with Gasteiger partial charge in [-0.3, -0.25) is 14.4 Å². The summed E-state index contributed by atoms with van der Waals surface area (Å²) in [6.45, 7) is 0.303. The predicted molar refractivity (Wildman–Crippen MR) is 57.3 cm³/mol. The highest BCUT2D eigenvalue weighted by Gasteiger charge is 2.25. The molecule has 1 atom stereocenters. The summed E-state index contributed by atoms with van der Waals surface area (Å²) in [5.74, 6) is -3.31. The number of quaternary nitrogens is 1. The average Bonchev–Trinajstić information content (AvgIpc) is 1.95. The Balaban J connectivity index is 4.43. The number of nitrogens with zero attached hydrogens (tertiary/aromatic N) is 1. The van der Waals surface area contributed by atoms with Crippen LogP contribution in [0, 0.1) is 0 Å². The lowest BCUT2D eigenvalue weighted by Gasteiger charge is -2.28. The van der Waals surface area contributed by atoms with Crippen molar-refractivity contribution in [2.24, 2.45) is 0 Å². The van der Waals surface area contributed by atoms with Crippen LogP contribution in [0.25, 0.3) is 0 Å². The Labute approximate surface area is 99.2 Å². The first-order chi connectivity index (χ1) is 7.60. The minimum Gasteiger partial charge on any atom is -0.481 e. The van der Waals surface area contributed by atoms with Crippen LogP contribution >= 0.6 is 0 Å². The SMILES string of the molecule is C[N+](C)(C)C[C@H](CC(=O)O)OC(=O)CC(=O)O. The maximum Gasteiger partial charge on any atom is 0.317 e. The fourth-order valence-electron chi connectivity index (χ4n) is 1.30. The second-order valence-corrected chi connectivity index (χ2v) is 4.75. The van der Waals surface area contributed by atoms with Gasteiger partial charge in [-0.2, -0.15) is 0 Å². The molecule has 0 amide bonds. The maximum atomic E-state index is 11.1. The lowest BCUT2D eigenvalue weighted by molar-refractivity contribution is -0.873. The smallest absolute Gasteiger partial charge is 0.317 e. The minimum atomic E-state index is -1.30. The van der Waals surface area contributed by atoms with Crippen molar-refractivity contribution in [2.75, 3.05) is 27.7 Å². The molecule has 0 aliphatic heterocycles. The maximum absolute atomic E-state index is 11.1. The molecule has 7 heteroatoms. The van der Waals surface area contributed by atoms with Gasteiger partial charge in [0, 0.05) is 0 Å². The molecule has 0 saturated heterocycles. The minimum absolute atomic E-state index is 0.303. The van der Waals surface area contributed by atoms with E-state index in [1.807, 2.05) is 21.1 Å². The Kier molecular flexibility index (Phi) is 5.60. The number of rotatable bonds is 7. The molecule has 0 radical (unpaired) electrons. The summed E-state index contributed by atoms with van der Waals surface area (Å²) < 4.78 is 5.25. The van der Waals surface area contributed by atoms with Crippen LogP contribution in [-0.2, 0) is 19.1 Å². The van der Waals surface area contributed by atoms with Gasteiger partial charge in [-0.25, -0.2) is 0 Å². The highest BCUT2D eigenvalue weighted by Crippen LogP contribution is 2.06. The van der Waals surface area contributed by atoms with Crippen molar-refractivity contribution in [3.8, 4) is 0 Å². The molecular weight excluding hydrogens is 230 g/mol. The number of aliphatic carboxylic acids is 2. The molecule has 2 N–H and O–H groups in total. The van der Waals surface area contributed by atoms with Gasteiger partial charge in [0.15, 0.2) is 6.10 Å². The molecule has 0 saturated carbocycles. The monoisotopic (exact) mass is 248 g/mol. The molecule has 0 unspecified atom stereocenters. The Hall–Kier alpha value is -1.63. The van der Waals surface area contributed by atoms with E-state index in [0.29, 0.717) is 11.0 Å². The van der Waals surface area contributed by atoms with Crippen molar-refractivity contribution in [1.82, 2.24) is 0 Å². The van der Waals surface area contributed by atoms with Crippen LogP contribution in [-0.4, -0.2) is 66.4 Å². The summed E-state index contributed by atoms with van der Waals surface area (Å²) in [5.41, 5.74) is 0. The van der Waals surface area contributed by atoms with Gasteiger partial charge in [0.2, 0.25) is 0 Å². The number of ether oxygens (including phenoxy) is 1. The van der Waals surface area contributed by atoms with Crippen molar-refractivity contribution in [2.45, 2.75) is 18.9 Å². The number of esters is 1. The Morgan fingerprint density at radius 2 is 1.65 bits per heavy atom. The van der Waals surface area contributed by atoms with Crippen molar-refractivity contribution >= 4 is 17.9 Å². The van der Waals surface area contributed by atoms with Crippen LogP contribution in [0.4, 0.5) is 0 Å². The third kappa shape index (κ3) is 9.31. The zero-order valence-corrected chi connectivity index (χ0v) is 10.2. The van der Waals surface area contributed by atoms with Crippen molar-refractivity contribution in [3.63, 3.8) is 0 Å². The lowest BCUT2D eigenvalue weighted by Crippen LogP contribution is -2.44. The van der Waals surface area contributed by atoms with Crippen molar-refractivity contribution in [1.29, 1.82) is 0 Å².